The second-order valence-electron chi connectivity index (χ2n) is 7.59. The number of amides is 1. The third kappa shape index (κ3) is 6.05. The zero-order valence-electron chi connectivity index (χ0n) is 17.7. The predicted octanol–water partition coefficient (Wildman–Crippen LogP) is 3.14. The number of carbonyl (C=O) groups excluding carboxylic acids is 1. The molecular weight excluding hydrogens is 374 g/mol. The number of rotatable bonds is 7. The molecule has 0 bridgehead atoms. The second kappa shape index (κ2) is 9.56. The minimum atomic E-state index is -0.656. The quantitative estimate of drug-likeness (QED) is 0.732. The molecule has 0 spiro atoms. The molecule has 2 unspecified atom stereocenters. The van der Waals surface area contributed by atoms with Gasteiger partial charge in [0.15, 0.2) is 0 Å². The Morgan fingerprint density at radius 3 is 2.41 bits per heavy atom. The Morgan fingerprint density at radius 1 is 1.17 bits per heavy atom. The molecule has 8 nitrogen and oxygen atoms in total. The van der Waals surface area contributed by atoms with Gasteiger partial charge in [0, 0.05) is 12.0 Å². The van der Waals surface area contributed by atoms with E-state index in [4.69, 9.17) is 14.2 Å². The van der Waals surface area contributed by atoms with E-state index in [0.29, 0.717) is 11.6 Å². The van der Waals surface area contributed by atoms with Crippen LogP contribution in [-0.2, 0) is 4.74 Å². The maximum absolute atomic E-state index is 12.6. The smallest absolute Gasteiger partial charge is 0.408 e. The van der Waals surface area contributed by atoms with E-state index in [1.807, 2.05) is 31.2 Å². The molecule has 29 heavy (non-hydrogen) atoms. The molecule has 1 heterocycles. The maximum Gasteiger partial charge on any atom is 0.408 e. The number of ether oxygens (including phenoxy) is 3. The largest absolute Gasteiger partial charge is 0.481 e. The summed E-state index contributed by atoms with van der Waals surface area (Å²) in [6.07, 6.45) is -0.586. The number of nitrogens with one attached hydrogen (secondary N) is 1. The summed E-state index contributed by atoms with van der Waals surface area (Å²) in [4.78, 5) is 21.0. The number of alkyl carbamates (subject to hydrolysis) is 1. The Kier molecular flexibility index (Phi) is 7.39. The van der Waals surface area contributed by atoms with Crippen molar-refractivity contribution in [2.75, 3.05) is 20.8 Å². The maximum atomic E-state index is 12.6. The SMILES string of the molecule is COc1cc(C(CO)C(NC(=O)OC(C)(C)C)c2ccccc2C)nc(OC)n1. The molecule has 0 fully saturated rings. The van der Waals surface area contributed by atoms with Crippen LogP contribution in [0.25, 0.3) is 0 Å². The Bertz CT molecular complexity index is 813. The molecule has 2 rings (SSSR count). The molecule has 0 saturated carbocycles. The van der Waals surface area contributed by atoms with Crippen molar-refractivity contribution in [1.82, 2.24) is 15.3 Å². The van der Waals surface area contributed by atoms with Gasteiger partial charge in [0.05, 0.1) is 32.6 Å². The van der Waals surface area contributed by atoms with Crippen LogP contribution in [0, 0.1) is 6.92 Å². The summed E-state index contributed by atoms with van der Waals surface area (Å²) < 4.78 is 15.8. The molecule has 0 radical (unpaired) electrons. The van der Waals surface area contributed by atoms with Gasteiger partial charge >= 0.3 is 12.1 Å². The molecule has 0 aliphatic carbocycles. The number of hydrogen-bond donors (Lipinski definition) is 2. The van der Waals surface area contributed by atoms with Crippen molar-refractivity contribution in [2.45, 2.75) is 45.3 Å². The highest BCUT2D eigenvalue weighted by Gasteiger charge is 2.31. The van der Waals surface area contributed by atoms with Gasteiger partial charge in [-0.3, -0.25) is 0 Å². The molecule has 1 aromatic heterocycles. The molecule has 158 valence electrons. The van der Waals surface area contributed by atoms with Crippen molar-refractivity contribution in [3.63, 3.8) is 0 Å². The zero-order valence-corrected chi connectivity index (χ0v) is 17.7. The topological polar surface area (TPSA) is 103 Å². The van der Waals surface area contributed by atoms with Gasteiger partial charge < -0.3 is 24.6 Å². The fraction of sp³-hybridized carbons (Fsp3) is 0.476. The lowest BCUT2D eigenvalue weighted by Crippen LogP contribution is -2.38. The first-order valence-electron chi connectivity index (χ1n) is 9.31. The van der Waals surface area contributed by atoms with Gasteiger partial charge in [0.1, 0.15) is 5.60 Å². The predicted molar refractivity (Wildman–Crippen MR) is 108 cm³/mol. The van der Waals surface area contributed by atoms with E-state index in [-0.39, 0.29) is 12.6 Å². The zero-order chi connectivity index (χ0) is 21.6. The third-order valence-electron chi connectivity index (χ3n) is 4.27. The van der Waals surface area contributed by atoms with E-state index < -0.39 is 23.7 Å². The molecule has 8 heteroatoms. The Labute approximate surface area is 171 Å². The van der Waals surface area contributed by atoms with E-state index in [1.54, 1.807) is 26.8 Å². The van der Waals surface area contributed by atoms with E-state index in [9.17, 15) is 9.90 Å². The number of aliphatic hydroxyl groups is 1. The Balaban J connectivity index is 2.50. The molecule has 2 N–H and O–H groups in total. The number of hydrogen-bond acceptors (Lipinski definition) is 7. The third-order valence-corrected chi connectivity index (χ3v) is 4.27. The van der Waals surface area contributed by atoms with E-state index >= 15 is 0 Å². The summed E-state index contributed by atoms with van der Waals surface area (Å²) in [7, 11) is 2.93. The number of nitrogens with zero attached hydrogens (tertiary/aromatic N) is 2. The van der Waals surface area contributed by atoms with Crippen LogP contribution in [-0.4, -0.2) is 47.6 Å². The van der Waals surface area contributed by atoms with Gasteiger partial charge in [-0.05, 0) is 38.8 Å². The van der Waals surface area contributed by atoms with Crippen LogP contribution >= 0.6 is 0 Å². The minimum absolute atomic E-state index is 0.110. The lowest BCUT2D eigenvalue weighted by molar-refractivity contribution is 0.0487. The summed E-state index contributed by atoms with van der Waals surface area (Å²) in [5, 5.41) is 13.1. The minimum Gasteiger partial charge on any atom is -0.481 e. The number of carbonyl (C=O) groups is 1. The van der Waals surface area contributed by atoms with Crippen molar-refractivity contribution in [3.05, 3.63) is 47.2 Å². The fourth-order valence-electron chi connectivity index (χ4n) is 2.94. The monoisotopic (exact) mass is 403 g/mol. The fourth-order valence-corrected chi connectivity index (χ4v) is 2.94. The number of benzene rings is 1. The summed E-state index contributed by atoms with van der Waals surface area (Å²) in [5.74, 6) is -0.291. The van der Waals surface area contributed by atoms with Crippen LogP contribution in [0.15, 0.2) is 30.3 Å². The highest BCUT2D eigenvalue weighted by molar-refractivity contribution is 5.68. The van der Waals surface area contributed by atoms with Gasteiger partial charge in [0.2, 0.25) is 5.88 Å². The number of aliphatic hydroxyl groups excluding tert-OH is 1. The normalized spacial score (nSPS) is 13.3. The van der Waals surface area contributed by atoms with Crippen molar-refractivity contribution in [2.24, 2.45) is 0 Å². The van der Waals surface area contributed by atoms with Crippen molar-refractivity contribution < 1.29 is 24.1 Å². The molecule has 0 aliphatic rings. The van der Waals surface area contributed by atoms with E-state index in [1.165, 1.54) is 14.2 Å². The highest BCUT2D eigenvalue weighted by Crippen LogP contribution is 2.33. The average Bonchev–Trinajstić information content (AvgIpc) is 2.66. The van der Waals surface area contributed by atoms with Gasteiger partial charge in [0.25, 0.3) is 0 Å². The second-order valence-corrected chi connectivity index (χ2v) is 7.59. The van der Waals surface area contributed by atoms with Crippen LogP contribution < -0.4 is 14.8 Å². The number of methoxy groups -OCH3 is 2. The summed E-state index contributed by atoms with van der Waals surface area (Å²) >= 11 is 0. The molecule has 0 aliphatic heterocycles. The van der Waals surface area contributed by atoms with Crippen molar-refractivity contribution >= 4 is 6.09 Å². The lowest BCUT2D eigenvalue weighted by Gasteiger charge is -2.29. The Hall–Kier alpha value is -2.87. The van der Waals surface area contributed by atoms with E-state index in [0.717, 1.165) is 11.1 Å². The van der Waals surface area contributed by atoms with Gasteiger partial charge in [-0.1, -0.05) is 24.3 Å². The summed E-state index contributed by atoms with van der Waals surface area (Å²) in [5.41, 5.74) is 1.62. The first-order valence-corrected chi connectivity index (χ1v) is 9.31. The first-order chi connectivity index (χ1) is 13.7. The Morgan fingerprint density at radius 2 is 1.86 bits per heavy atom. The molecule has 2 aromatic rings. The molecule has 1 amide bonds. The van der Waals surface area contributed by atoms with E-state index in [2.05, 4.69) is 15.3 Å². The van der Waals surface area contributed by atoms with Crippen LogP contribution in [0.4, 0.5) is 4.79 Å². The highest BCUT2D eigenvalue weighted by atomic mass is 16.6. The van der Waals surface area contributed by atoms with Crippen LogP contribution in [0.1, 0.15) is 49.6 Å². The van der Waals surface area contributed by atoms with Gasteiger partial charge in [-0.25, -0.2) is 4.79 Å². The number of aryl methyl sites for hydroxylation is 1. The standard InChI is InChI=1S/C21H29N3O5/c1-13-9-7-8-10-14(13)18(24-20(26)29-21(2,3)4)15(12-25)16-11-17(27-5)23-19(22-16)28-6/h7-11,15,18,25H,12H2,1-6H3,(H,24,26). The first kappa shape index (κ1) is 22.4. The lowest BCUT2D eigenvalue weighted by atomic mass is 9.88. The number of aromatic nitrogens is 2. The van der Waals surface area contributed by atoms with Crippen LogP contribution in [0.3, 0.4) is 0 Å². The van der Waals surface area contributed by atoms with Crippen molar-refractivity contribution in [3.8, 4) is 11.9 Å². The van der Waals surface area contributed by atoms with Gasteiger partial charge in [-0.2, -0.15) is 9.97 Å². The molecular formula is C21H29N3O5. The summed E-state index contributed by atoms with van der Waals surface area (Å²) in [6.45, 7) is 7.03. The van der Waals surface area contributed by atoms with Crippen LogP contribution in [0.2, 0.25) is 0 Å². The van der Waals surface area contributed by atoms with Crippen molar-refractivity contribution in [1.29, 1.82) is 0 Å². The molecule has 0 saturated heterocycles. The molecule has 2 atom stereocenters. The molecule has 1 aromatic carbocycles. The van der Waals surface area contributed by atoms with Gasteiger partial charge in [-0.15, -0.1) is 0 Å². The van der Waals surface area contributed by atoms with Crippen LogP contribution in [0.5, 0.6) is 11.9 Å². The average molecular weight is 403 g/mol. The summed E-state index contributed by atoms with van der Waals surface area (Å²) in [6, 6.07) is 8.75.